The Hall–Kier alpha value is -1.70. The minimum absolute atomic E-state index is 0.800. The molecular weight excluding hydrogens is 162 g/mol. The van der Waals surface area contributed by atoms with E-state index in [-0.39, 0.29) is 0 Å². The molecule has 2 heteroatoms. The average Bonchev–Trinajstić information content (AvgIpc) is 2.21. The van der Waals surface area contributed by atoms with E-state index in [0.717, 1.165) is 12.2 Å². The molecule has 13 heavy (non-hydrogen) atoms. The van der Waals surface area contributed by atoms with E-state index in [1.165, 1.54) is 5.56 Å². The van der Waals surface area contributed by atoms with Gasteiger partial charge >= 0.3 is 0 Å². The largest absolute Gasteiger partial charge is 0.466 e. The fourth-order valence-corrected chi connectivity index (χ4v) is 1.19. The van der Waals surface area contributed by atoms with Crippen LogP contribution in [0.15, 0.2) is 54.8 Å². The molecule has 1 heterocycles. The Bertz CT molecular complexity index is 327. The molecule has 0 atom stereocenters. The molecule has 0 saturated carbocycles. The molecule has 0 saturated heterocycles. The van der Waals surface area contributed by atoms with Crippen LogP contribution in [0.25, 0.3) is 0 Å². The zero-order valence-electron chi connectivity index (χ0n) is 7.18. The van der Waals surface area contributed by atoms with Crippen LogP contribution in [0.3, 0.4) is 0 Å². The van der Waals surface area contributed by atoms with Crippen molar-refractivity contribution in [1.29, 1.82) is 0 Å². The lowest BCUT2D eigenvalue weighted by molar-refractivity contribution is 0.328. The van der Waals surface area contributed by atoms with Crippen LogP contribution >= 0.6 is 0 Å². The van der Waals surface area contributed by atoms with Crippen molar-refractivity contribution < 1.29 is 4.74 Å². The molecule has 0 aliphatic carbocycles. The maximum Gasteiger partial charge on any atom is 0.126 e. The van der Waals surface area contributed by atoms with Crippen LogP contribution in [-0.4, -0.2) is 0 Å². The third-order valence-electron chi connectivity index (χ3n) is 1.81. The highest BCUT2D eigenvalue weighted by atomic mass is 16.5. The summed E-state index contributed by atoms with van der Waals surface area (Å²) < 4.78 is 5.27. The summed E-state index contributed by atoms with van der Waals surface area (Å²) in [6.07, 6.45) is 5.77. The number of benzene rings is 1. The van der Waals surface area contributed by atoms with Crippen LogP contribution in [0.4, 0.5) is 0 Å². The maximum absolute atomic E-state index is 5.27. The summed E-state index contributed by atoms with van der Waals surface area (Å²) >= 11 is 0. The van der Waals surface area contributed by atoms with Crippen molar-refractivity contribution in [3.63, 3.8) is 0 Å². The van der Waals surface area contributed by atoms with Gasteiger partial charge in [-0.05, 0) is 5.56 Å². The van der Waals surface area contributed by atoms with Crippen molar-refractivity contribution in [3.05, 3.63) is 60.3 Å². The Morgan fingerprint density at radius 2 is 2.00 bits per heavy atom. The Labute approximate surface area is 77.5 Å². The summed E-state index contributed by atoms with van der Waals surface area (Å²) in [5.41, 5.74) is 1.24. The molecule has 0 unspecified atom stereocenters. The Balaban J connectivity index is 2.02. The molecule has 0 fully saturated rings. The predicted octanol–water partition coefficient (Wildman–Crippen LogP) is 2.18. The minimum Gasteiger partial charge on any atom is -0.466 e. The van der Waals surface area contributed by atoms with Crippen molar-refractivity contribution in [2.75, 3.05) is 0 Å². The number of rotatable bonds is 2. The third kappa shape index (κ3) is 2.12. The highest BCUT2D eigenvalue weighted by Gasteiger charge is 2.01. The standard InChI is InChI=1S/C11H10NO/c1-2-4-10(5-3-1)8-11-9-12-6-7-13-11/h1-7,9H,8H2. The first-order chi connectivity index (χ1) is 6.45. The van der Waals surface area contributed by atoms with Crippen molar-refractivity contribution in [3.8, 4) is 0 Å². The second kappa shape index (κ2) is 3.81. The third-order valence-corrected chi connectivity index (χ3v) is 1.81. The zero-order chi connectivity index (χ0) is 8.93. The zero-order valence-corrected chi connectivity index (χ0v) is 7.18. The monoisotopic (exact) mass is 172 g/mol. The number of allylic oxidation sites excluding steroid dienone is 1. The highest BCUT2D eigenvalue weighted by Crippen LogP contribution is 2.10. The molecule has 0 amide bonds. The van der Waals surface area contributed by atoms with Gasteiger partial charge in [0.05, 0.1) is 12.4 Å². The molecule has 0 spiro atoms. The van der Waals surface area contributed by atoms with Gasteiger partial charge in [0.15, 0.2) is 0 Å². The van der Waals surface area contributed by atoms with Gasteiger partial charge in [-0.3, -0.25) is 5.32 Å². The van der Waals surface area contributed by atoms with Gasteiger partial charge in [-0.15, -0.1) is 0 Å². The summed E-state index contributed by atoms with van der Waals surface area (Å²) in [6.45, 7) is 0. The van der Waals surface area contributed by atoms with Crippen molar-refractivity contribution in [1.82, 2.24) is 5.32 Å². The van der Waals surface area contributed by atoms with Gasteiger partial charge in [0.1, 0.15) is 12.0 Å². The number of hydrogen-bond acceptors (Lipinski definition) is 1. The van der Waals surface area contributed by atoms with Crippen molar-refractivity contribution >= 4 is 0 Å². The molecule has 0 aromatic heterocycles. The molecule has 1 aromatic carbocycles. The van der Waals surface area contributed by atoms with E-state index in [1.807, 2.05) is 18.2 Å². The Morgan fingerprint density at radius 1 is 1.15 bits per heavy atom. The van der Waals surface area contributed by atoms with Crippen molar-refractivity contribution in [2.45, 2.75) is 6.42 Å². The van der Waals surface area contributed by atoms with Gasteiger partial charge in [0.2, 0.25) is 0 Å². The lowest BCUT2D eigenvalue weighted by Crippen LogP contribution is -2.00. The smallest absolute Gasteiger partial charge is 0.126 e. The first-order valence-electron chi connectivity index (χ1n) is 4.20. The van der Waals surface area contributed by atoms with Crippen LogP contribution in [0.2, 0.25) is 0 Å². The second-order valence-corrected chi connectivity index (χ2v) is 2.81. The maximum atomic E-state index is 5.27. The highest BCUT2D eigenvalue weighted by molar-refractivity contribution is 5.20. The lowest BCUT2D eigenvalue weighted by Gasteiger charge is -2.08. The van der Waals surface area contributed by atoms with Crippen LogP contribution in [0, 0.1) is 0 Å². The molecule has 1 aliphatic rings. The van der Waals surface area contributed by atoms with Gasteiger partial charge in [-0.1, -0.05) is 30.3 Å². The molecule has 1 aliphatic heterocycles. The minimum atomic E-state index is 0.800. The quantitative estimate of drug-likeness (QED) is 0.670. The summed E-state index contributed by atoms with van der Waals surface area (Å²) in [7, 11) is 0. The van der Waals surface area contributed by atoms with Crippen LogP contribution in [0.1, 0.15) is 5.56 Å². The first kappa shape index (κ1) is 7.92. The molecule has 2 rings (SSSR count). The topological polar surface area (TPSA) is 23.3 Å². The van der Waals surface area contributed by atoms with E-state index < -0.39 is 0 Å². The molecule has 2 nitrogen and oxygen atoms in total. The van der Waals surface area contributed by atoms with Gasteiger partial charge in [-0.2, -0.15) is 0 Å². The van der Waals surface area contributed by atoms with Gasteiger partial charge in [0, 0.05) is 6.42 Å². The summed E-state index contributed by atoms with van der Waals surface area (Å²) in [4.78, 5) is 0. The summed E-state index contributed by atoms with van der Waals surface area (Å²) in [5, 5.41) is 3.99. The normalized spacial score (nSPS) is 14.3. The number of nitrogens with zero attached hydrogens (tertiary/aromatic N) is 1. The Kier molecular flexibility index (Phi) is 2.32. The molecule has 0 N–H and O–H groups in total. The van der Waals surface area contributed by atoms with Gasteiger partial charge < -0.3 is 4.74 Å². The summed E-state index contributed by atoms with van der Waals surface area (Å²) in [6, 6.07) is 10.2. The molecule has 0 bridgehead atoms. The van der Waals surface area contributed by atoms with E-state index in [4.69, 9.17) is 4.74 Å². The number of ether oxygens (including phenoxy) is 1. The van der Waals surface area contributed by atoms with Crippen LogP contribution < -0.4 is 5.32 Å². The fourth-order valence-electron chi connectivity index (χ4n) is 1.19. The van der Waals surface area contributed by atoms with E-state index in [9.17, 15) is 0 Å². The predicted molar refractivity (Wildman–Crippen MR) is 50.6 cm³/mol. The fraction of sp³-hybridized carbons (Fsp3) is 0.0909. The first-order valence-corrected chi connectivity index (χ1v) is 4.20. The van der Waals surface area contributed by atoms with Crippen LogP contribution in [-0.2, 0) is 11.2 Å². The molecule has 65 valence electrons. The Morgan fingerprint density at radius 3 is 2.69 bits per heavy atom. The van der Waals surface area contributed by atoms with E-state index >= 15 is 0 Å². The molecule has 1 aromatic rings. The van der Waals surface area contributed by atoms with Crippen LogP contribution in [0.5, 0.6) is 0 Å². The van der Waals surface area contributed by atoms with Crippen molar-refractivity contribution in [2.24, 2.45) is 0 Å². The van der Waals surface area contributed by atoms with E-state index in [0.29, 0.717) is 0 Å². The lowest BCUT2D eigenvalue weighted by atomic mass is 10.1. The second-order valence-electron chi connectivity index (χ2n) is 2.81. The molecular formula is C11H10NO. The summed E-state index contributed by atoms with van der Waals surface area (Å²) in [5.74, 6) is 0.883. The SMILES string of the molecule is C1=COC(Cc2ccccc2)=C[N]1. The van der Waals surface area contributed by atoms with E-state index in [2.05, 4.69) is 17.4 Å². The van der Waals surface area contributed by atoms with Gasteiger partial charge in [0.25, 0.3) is 0 Å². The average molecular weight is 172 g/mol. The molecule has 1 radical (unpaired) electrons. The van der Waals surface area contributed by atoms with E-state index in [1.54, 1.807) is 18.7 Å². The number of hydrogen-bond donors (Lipinski definition) is 0. The van der Waals surface area contributed by atoms with Gasteiger partial charge in [-0.25, -0.2) is 0 Å².